The quantitative estimate of drug-likeness (QED) is 0.847. The van der Waals surface area contributed by atoms with Gasteiger partial charge >= 0.3 is 0 Å². The fourth-order valence-electron chi connectivity index (χ4n) is 6.19. The SMILES string of the molecule is CC12CC3CC(C1)CC(C(N)c1ccc(F)cc1)(C3)C2. The number of benzene rings is 1. The molecule has 4 fully saturated rings. The van der Waals surface area contributed by atoms with Crippen molar-refractivity contribution in [3.63, 3.8) is 0 Å². The molecule has 0 spiro atoms. The summed E-state index contributed by atoms with van der Waals surface area (Å²) in [5.41, 5.74) is 8.59. The second-order valence-corrected chi connectivity index (χ2v) is 8.16. The summed E-state index contributed by atoms with van der Waals surface area (Å²) in [6, 6.07) is 6.96. The molecule has 4 aliphatic carbocycles. The Morgan fingerprint density at radius 2 is 1.70 bits per heavy atom. The summed E-state index contributed by atoms with van der Waals surface area (Å²) in [5, 5.41) is 0. The topological polar surface area (TPSA) is 26.0 Å². The normalized spacial score (nSPS) is 43.8. The van der Waals surface area contributed by atoms with E-state index in [9.17, 15) is 4.39 Å². The molecule has 0 saturated heterocycles. The van der Waals surface area contributed by atoms with E-state index in [4.69, 9.17) is 5.73 Å². The molecule has 1 nitrogen and oxygen atoms in total. The Kier molecular flexibility index (Phi) is 2.61. The molecular weight excluding hydrogens is 249 g/mol. The van der Waals surface area contributed by atoms with Gasteiger partial charge in [-0.2, -0.15) is 0 Å². The first kappa shape index (κ1) is 12.8. The zero-order valence-corrected chi connectivity index (χ0v) is 12.2. The average Bonchev–Trinajstić information content (AvgIpc) is 2.36. The number of hydrogen-bond donors (Lipinski definition) is 1. The van der Waals surface area contributed by atoms with Gasteiger partial charge in [-0.05, 0) is 78.9 Å². The third kappa shape index (κ3) is 1.84. The van der Waals surface area contributed by atoms with Gasteiger partial charge in [-0.15, -0.1) is 0 Å². The first-order valence-electron chi connectivity index (χ1n) is 7.99. The van der Waals surface area contributed by atoms with Crippen LogP contribution < -0.4 is 5.73 Å². The maximum Gasteiger partial charge on any atom is 0.123 e. The molecule has 0 amide bonds. The van der Waals surface area contributed by atoms with Crippen molar-refractivity contribution < 1.29 is 4.39 Å². The van der Waals surface area contributed by atoms with Crippen LogP contribution in [0.2, 0.25) is 0 Å². The highest BCUT2D eigenvalue weighted by atomic mass is 19.1. The largest absolute Gasteiger partial charge is 0.323 e. The van der Waals surface area contributed by atoms with Crippen LogP contribution in [0.5, 0.6) is 0 Å². The van der Waals surface area contributed by atoms with Crippen molar-refractivity contribution in [1.29, 1.82) is 0 Å². The van der Waals surface area contributed by atoms with Gasteiger partial charge in [0.15, 0.2) is 0 Å². The van der Waals surface area contributed by atoms with Crippen LogP contribution in [0.25, 0.3) is 0 Å². The second-order valence-electron chi connectivity index (χ2n) is 8.16. The molecule has 5 rings (SSSR count). The maximum atomic E-state index is 13.1. The Bertz CT molecular complexity index is 507. The Balaban J connectivity index is 1.68. The first-order valence-corrected chi connectivity index (χ1v) is 7.99. The standard InChI is InChI=1S/C18H24FN/c1-17-7-12-6-13(8-17)10-18(9-12,11-17)16(20)14-2-4-15(19)5-3-14/h2-5,12-13,16H,6-11,20H2,1H3. The van der Waals surface area contributed by atoms with Gasteiger partial charge < -0.3 is 5.73 Å². The van der Waals surface area contributed by atoms with Crippen LogP contribution in [0.4, 0.5) is 4.39 Å². The maximum absolute atomic E-state index is 13.1. The van der Waals surface area contributed by atoms with Gasteiger partial charge in [0.05, 0.1) is 0 Å². The van der Waals surface area contributed by atoms with Gasteiger partial charge in [-0.3, -0.25) is 0 Å². The van der Waals surface area contributed by atoms with Crippen LogP contribution in [0.1, 0.15) is 57.1 Å². The minimum Gasteiger partial charge on any atom is -0.323 e. The predicted octanol–water partition coefficient (Wildman–Crippen LogP) is 4.43. The fourth-order valence-corrected chi connectivity index (χ4v) is 6.19. The zero-order valence-electron chi connectivity index (χ0n) is 12.2. The van der Waals surface area contributed by atoms with Crippen LogP contribution in [0, 0.1) is 28.5 Å². The molecule has 0 aromatic heterocycles. The molecule has 4 saturated carbocycles. The van der Waals surface area contributed by atoms with Crippen molar-refractivity contribution in [2.24, 2.45) is 28.4 Å². The highest BCUT2D eigenvalue weighted by Crippen LogP contribution is 2.67. The van der Waals surface area contributed by atoms with Gasteiger partial charge in [0.25, 0.3) is 0 Å². The Morgan fingerprint density at radius 1 is 1.10 bits per heavy atom. The predicted molar refractivity (Wildman–Crippen MR) is 78.6 cm³/mol. The number of rotatable bonds is 2. The van der Waals surface area contributed by atoms with Crippen molar-refractivity contribution in [1.82, 2.24) is 0 Å². The molecule has 4 bridgehead atoms. The minimum atomic E-state index is -0.168. The summed E-state index contributed by atoms with van der Waals surface area (Å²) in [5.74, 6) is 1.60. The van der Waals surface area contributed by atoms with E-state index in [2.05, 4.69) is 6.92 Å². The van der Waals surface area contributed by atoms with E-state index >= 15 is 0 Å². The minimum absolute atomic E-state index is 0.0772. The summed E-state index contributed by atoms with van der Waals surface area (Å²) < 4.78 is 13.1. The zero-order chi connectivity index (χ0) is 14.0. The summed E-state index contributed by atoms with van der Waals surface area (Å²) in [4.78, 5) is 0. The number of nitrogens with two attached hydrogens (primary N) is 1. The molecule has 108 valence electrons. The molecule has 3 atom stereocenters. The summed E-state index contributed by atoms with van der Waals surface area (Å²) >= 11 is 0. The molecule has 20 heavy (non-hydrogen) atoms. The smallest absolute Gasteiger partial charge is 0.123 e. The third-order valence-electron chi connectivity index (χ3n) is 6.29. The van der Waals surface area contributed by atoms with E-state index in [-0.39, 0.29) is 17.3 Å². The van der Waals surface area contributed by atoms with Crippen LogP contribution in [-0.4, -0.2) is 0 Å². The van der Waals surface area contributed by atoms with Gasteiger partial charge in [0, 0.05) is 6.04 Å². The van der Waals surface area contributed by atoms with Gasteiger partial charge in [0.1, 0.15) is 5.82 Å². The van der Waals surface area contributed by atoms with Crippen LogP contribution >= 0.6 is 0 Å². The monoisotopic (exact) mass is 273 g/mol. The van der Waals surface area contributed by atoms with Gasteiger partial charge in [-0.25, -0.2) is 4.39 Å². The molecule has 2 heteroatoms. The summed E-state index contributed by atoms with van der Waals surface area (Å²) in [6.45, 7) is 2.47. The van der Waals surface area contributed by atoms with Crippen molar-refractivity contribution in [2.45, 2.75) is 51.5 Å². The molecule has 2 N–H and O–H groups in total. The Labute approximate surface area is 120 Å². The fraction of sp³-hybridized carbons (Fsp3) is 0.667. The van der Waals surface area contributed by atoms with Crippen molar-refractivity contribution >= 4 is 0 Å². The summed E-state index contributed by atoms with van der Waals surface area (Å²) in [6.07, 6.45) is 8.08. The van der Waals surface area contributed by atoms with Crippen molar-refractivity contribution in [2.75, 3.05) is 0 Å². The molecular formula is C18H24FN. The lowest BCUT2D eigenvalue weighted by Gasteiger charge is -2.63. The van der Waals surface area contributed by atoms with Crippen molar-refractivity contribution in [3.8, 4) is 0 Å². The van der Waals surface area contributed by atoms with Gasteiger partial charge in [-0.1, -0.05) is 19.1 Å². The Morgan fingerprint density at radius 3 is 2.25 bits per heavy atom. The molecule has 0 radical (unpaired) electrons. The molecule has 1 aromatic rings. The van der Waals surface area contributed by atoms with E-state index in [0.717, 1.165) is 17.4 Å². The third-order valence-corrected chi connectivity index (χ3v) is 6.29. The average molecular weight is 273 g/mol. The van der Waals surface area contributed by atoms with Gasteiger partial charge in [0.2, 0.25) is 0 Å². The highest BCUT2D eigenvalue weighted by molar-refractivity contribution is 5.24. The lowest BCUT2D eigenvalue weighted by Crippen LogP contribution is -2.54. The lowest BCUT2D eigenvalue weighted by molar-refractivity contribution is -0.113. The van der Waals surface area contributed by atoms with Crippen molar-refractivity contribution in [3.05, 3.63) is 35.6 Å². The molecule has 3 unspecified atom stereocenters. The molecule has 4 aliphatic rings. The highest BCUT2D eigenvalue weighted by Gasteiger charge is 2.57. The first-order chi connectivity index (χ1) is 9.48. The second kappa shape index (κ2) is 4.07. The van der Waals surface area contributed by atoms with E-state index in [1.807, 2.05) is 12.1 Å². The molecule has 0 aliphatic heterocycles. The van der Waals surface area contributed by atoms with E-state index in [1.165, 1.54) is 38.5 Å². The van der Waals surface area contributed by atoms with E-state index in [0.29, 0.717) is 5.41 Å². The summed E-state index contributed by atoms with van der Waals surface area (Å²) in [7, 11) is 0. The van der Waals surface area contributed by atoms with Crippen LogP contribution in [0.3, 0.4) is 0 Å². The van der Waals surface area contributed by atoms with E-state index < -0.39 is 0 Å². The van der Waals surface area contributed by atoms with Crippen LogP contribution in [0.15, 0.2) is 24.3 Å². The number of hydrogen-bond acceptors (Lipinski definition) is 1. The molecule has 0 heterocycles. The lowest BCUT2D eigenvalue weighted by atomic mass is 9.43. The Hall–Kier alpha value is -0.890. The van der Waals surface area contributed by atoms with E-state index in [1.54, 1.807) is 12.1 Å². The molecule has 1 aromatic carbocycles. The van der Waals surface area contributed by atoms with Crippen LogP contribution in [-0.2, 0) is 0 Å². The number of halogens is 1.